The van der Waals surface area contributed by atoms with Crippen molar-refractivity contribution in [2.24, 2.45) is 0 Å². The SMILES string of the molecule is Cc1cccc(C)c1NC(=O)c1ccc(N2CCOCC2)c([N+](=O)[O-])c1. The summed E-state index contributed by atoms with van der Waals surface area (Å²) in [5.74, 6) is -0.362. The molecule has 1 aliphatic rings. The van der Waals surface area contributed by atoms with Crippen molar-refractivity contribution in [3.63, 3.8) is 0 Å². The van der Waals surface area contributed by atoms with Crippen molar-refractivity contribution in [1.29, 1.82) is 0 Å². The number of nitrogens with zero attached hydrogens (tertiary/aromatic N) is 2. The van der Waals surface area contributed by atoms with E-state index in [2.05, 4.69) is 5.32 Å². The van der Waals surface area contributed by atoms with E-state index >= 15 is 0 Å². The summed E-state index contributed by atoms with van der Waals surface area (Å²) in [6.45, 7) is 6.07. The van der Waals surface area contributed by atoms with E-state index in [4.69, 9.17) is 4.74 Å². The molecular weight excluding hydrogens is 334 g/mol. The molecule has 1 heterocycles. The Morgan fingerprint density at radius 1 is 1.15 bits per heavy atom. The van der Waals surface area contributed by atoms with Gasteiger partial charge in [-0.3, -0.25) is 14.9 Å². The second-order valence-electron chi connectivity index (χ2n) is 6.28. The van der Waals surface area contributed by atoms with Crippen molar-refractivity contribution >= 4 is 23.0 Å². The van der Waals surface area contributed by atoms with Crippen LogP contribution in [-0.2, 0) is 4.74 Å². The van der Waals surface area contributed by atoms with E-state index in [9.17, 15) is 14.9 Å². The third-order valence-electron chi connectivity index (χ3n) is 4.51. The Bertz CT molecular complexity index is 824. The van der Waals surface area contributed by atoms with E-state index in [1.807, 2.05) is 36.9 Å². The molecule has 1 aliphatic heterocycles. The Hall–Kier alpha value is -2.93. The molecule has 1 amide bonds. The van der Waals surface area contributed by atoms with E-state index < -0.39 is 4.92 Å². The van der Waals surface area contributed by atoms with Crippen LogP contribution in [0.25, 0.3) is 0 Å². The van der Waals surface area contributed by atoms with Crippen molar-refractivity contribution < 1.29 is 14.5 Å². The molecule has 1 fully saturated rings. The predicted octanol–water partition coefficient (Wildman–Crippen LogP) is 3.30. The molecule has 0 aliphatic carbocycles. The molecule has 0 bridgehead atoms. The summed E-state index contributed by atoms with van der Waals surface area (Å²) in [5.41, 5.74) is 3.33. The van der Waals surface area contributed by atoms with Gasteiger partial charge in [-0.25, -0.2) is 0 Å². The van der Waals surface area contributed by atoms with Crippen LogP contribution in [0.2, 0.25) is 0 Å². The highest BCUT2D eigenvalue weighted by Gasteiger charge is 2.23. The molecule has 1 N–H and O–H groups in total. The third kappa shape index (κ3) is 3.67. The molecule has 1 saturated heterocycles. The first-order valence-corrected chi connectivity index (χ1v) is 8.46. The Kier molecular flexibility index (Phi) is 5.18. The van der Waals surface area contributed by atoms with Gasteiger partial charge < -0.3 is 15.0 Å². The van der Waals surface area contributed by atoms with E-state index in [1.54, 1.807) is 12.1 Å². The molecule has 7 heteroatoms. The molecule has 0 radical (unpaired) electrons. The van der Waals surface area contributed by atoms with Crippen LogP contribution in [-0.4, -0.2) is 37.1 Å². The van der Waals surface area contributed by atoms with Crippen LogP contribution in [0.1, 0.15) is 21.5 Å². The molecule has 0 saturated carbocycles. The van der Waals surface area contributed by atoms with Gasteiger partial charge in [0.25, 0.3) is 11.6 Å². The number of nitro groups is 1. The van der Waals surface area contributed by atoms with Gasteiger partial charge in [0, 0.05) is 30.4 Å². The van der Waals surface area contributed by atoms with Crippen LogP contribution in [0, 0.1) is 24.0 Å². The van der Waals surface area contributed by atoms with Gasteiger partial charge in [-0.05, 0) is 37.1 Å². The number of para-hydroxylation sites is 1. The number of rotatable bonds is 4. The van der Waals surface area contributed by atoms with Crippen LogP contribution in [0.5, 0.6) is 0 Å². The first kappa shape index (κ1) is 17.9. The minimum Gasteiger partial charge on any atom is -0.378 e. The van der Waals surface area contributed by atoms with Gasteiger partial charge in [0.1, 0.15) is 5.69 Å². The Balaban J connectivity index is 1.89. The summed E-state index contributed by atoms with van der Waals surface area (Å²) in [5, 5.41) is 14.4. The van der Waals surface area contributed by atoms with Gasteiger partial charge in [-0.1, -0.05) is 18.2 Å². The van der Waals surface area contributed by atoms with E-state index in [0.717, 1.165) is 16.8 Å². The second-order valence-corrected chi connectivity index (χ2v) is 6.28. The fraction of sp³-hybridized carbons (Fsp3) is 0.316. The summed E-state index contributed by atoms with van der Waals surface area (Å²) < 4.78 is 5.30. The van der Waals surface area contributed by atoms with Gasteiger partial charge in [0.2, 0.25) is 0 Å². The maximum atomic E-state index is 12.6. The second kappa shape index (κ2) is 7.53. The number of carbonyl (C=O) groups excluding carboxylic acids is 1. The molecule has 0 atom stereocenters. The highest BCUT2D eigenvalue weighted by Crippen LogP contribution is 2.30. The smallest absolute Gasteiger partial charge is 0.293 e. The predicted molar refractivity (Wildman–Crippen MR) is 100.0 cm³/mol. The van der Waals surface area contributed by atoms with E-state index in [1.165, 1.54) is 6.07 Å². The monoisotopic (exact) mass is 355 g/mol. The Labute approximate surface area is 151 Å². The average molecular weight is 355 g/mol. The lowest BCUT2D eigenvalue weighted by atomic mass is 10.1. The van der Waals surface area contributed by atoms with E-state index in [-0.39, 0.29) is 17.2 Å². The number of hydrogen-bond donors (Lipinski definition) is 1. The molecule has 2 aromatic carbocycles. The highest BCUT2D eigenvalue weighted by atomic mass is 16.6. The fourth-order valence-electron chi connectivity index (χ4n) is 3.08. The minimum absolute atomic E-state index is 0.0685. The average Bonchev–Trinajstić information content (AvgIpc) is 2.65. The zero-order valence-electron chi connectivity index (χ0n) is 14.8. The summed E-state index contributed by atoms with van der Waals surface area (Å²) in [6, 6.07) is 10.3. The van der Waals surface area contributed by atoms with Gasteiger partial charge >= 0.3 is 0 Å². The summed E-state index contributed by atoms with van der Waals surface area (Å²) in [7, 11) is 0. The molecule has 136 valence electrons. The first-order chi connectivity index (χ1) is 12.5. The zero-order valence-corrected chi connectivity index (χ0v) is 14.8. The number of aryl methyl sites for hydroxylation is 2. The normalized spacial score (nSPS) is 14.2. The largest absolute Gasteiger partial charge is 0.378 e. The van der Waals surface area contributed by atoms with Gasteiger partial charge in [-0.15, -0.1) is 0 Å². The summed E-state index contributed by atoms with van der Waals surface area (Å²) >= 11 is 0. The Morgan fingerprint density at radius 2 is 1.81 bits per heavy atom. The lowest BCUT2D eigenvalue weighted by molar-refractivity contribution is -0.384. The zero-order chi connectivity index (χ0) is 18.7. The summed E-state index contributed by atoms with van der Waals surface area (Å²) in [4.78, 5) is 25.6. The van der Waals surface area contributed by atoms with Crippen molar-refractivity contribution in [2.45, 2.75) is 13.8 Å². The van der Waals surface area contributed by atoms with Crippen LogP contribution in [0.4, 0.5) is 17.1 Å². The molecule has 0 unspecified atom stereocenters. The van der Waals surface area contributed by atoms with Crippen molar-refractivity contribution in [2.75, 3.05) is 36.5 Å². The lowest BCUT2D eigenvalue weighted by Gasteiger charge is -2.28. The van der Waals surface area contributed by atoms with Crippen LogP contribution in [0.15, 0.2) is 36.4 Å². The number of ether oxygens (including phenoxy) is 1. The van der Waals surface area contributed by atoms with Crippen LogP contribution in [0.3, 0.4) is 0 Å². The summed E-state index contributed by atoms with van der Waals surface area (Å²) in [6.07, 6.45) is 0. The van der Waals surface area contributed by atoms with Gasteiger partial charge in [-0.2, -0.15) is 0 Å². The minimum atomic E-state index is -0.444. The number of hydrogen-bond acceptors (Lipinski definition) is 5. The van der Waals surface area contributed by atoms with Crippen molar-refractivity contribution in [3.8, 4) is 0 Å². The molecular formula is C19H21N3O4. The maximum Gasteiger partial charge on any atom is 0.293 e. The number of anilines is 2. The number of nitrogens with one attached hydrogen (secondary N) is 1. The quantitative estimate of drug-likeness (QED) is 0.672. The highest BCUT2D eigenvalue weighted by molar-refractivity contribution is 6.05. The molecule has 3 rings (SSSR count). The van der Waals surface area contributed by atoms with Gasteiger partial charge in [0.15, 0.2) is 0 Å². The fourth-order valence-corrected chi connectivity index (χ4v) is 3.08. The maximum absolute atomic E-state index is 12.6. The number of benzene rings is 2. The Morgan fingerprint density at radius 3 is 2.42 bits per heavy atom. The topological polar surface area (TPSA) is 84.7 Å². The molecule has 7 nitrogen and oxygen atoms in total. The first-order valence-electron chi connectivity index (χ1n) is 8.46. The van der Waals surface area contributed by atoms with Crippen LogP contribution < -0.4 is 10.2 Å². The van der Waals surface area contributed by atoms with Crippen molar-refractivity contribution in [3.05, 3.63) is 63.2 Å². The number of nitro benzene ring substituents is 1. The third-order valence-corrected chi connectivity index (χ3v) is 4.51. The van der Waals surface area contributed by atoms with Crippen LogP contribution >= 0.6 is 0 Å². The van der Waals surface area contributed by atoms with E-state index in [0.29, 0.717) is 32.0 Å². The standard InChI is InChI=1S/C19H21N3O4/c1-13-4-3-5-14(2)18(13)20-19(23)15-6-7-16(17(12-15)22(24)25)21-8-10-26-11-9-21/h3-7,12H,8-11H2,1-2H3,(H,20,23). The molecule has 0 aromatic heterocycles. The van der Waals surface area contributed by atoms with Crippen molar-refractivity contribution in [1.82, 2.24) is 0 Å². The van der Waals surface area contributed by atoms with Gasteiger partial charge in [0.05, 0.1) is 18.1 Å². The molecule has 2 aromatic rings. The number of carbonyl (C=O) groups is 1. The lowest BCUT2D eigenvalue weighted by Crippen LogP contribution is -2.36. The molecule has 26 heavy (non-hydrogen) atoms. The molecule has 0 spiro atoms. The number of morpholine rings is 1. The number of amides is 1.